The topological polar surface area (TPSA) is 83.6 Å². The maximum atomic E-state index is 13.9. The Morgan fingerprint density at radius 3 is 2.40 bits per heavy atom. The van der Waals surface area contributed by atoms with Gasteiger partial charge in [-0.2, -0.15) is 0 Å². The molecule has 1 N–H and O–H groups in total. The molecule has 0 aliphatic carbocycles. The second kappa shape index (κ2) is 11.2. The maximum absolute atomic E-state index is 13.9. The summed E-state index contributed by atoms with van der Waals surface area (Å²) in [5, 5.41) is 4.35. The number of para-hydroxylation sites is 1. The van der Waals surface area contributed by atoms with Crippen molar-refractivity contribution >= 4 is 57.1 Å². The minimum absolute atomic E-state index is 0.125. The van der Waals surface area contributed by atoms with Gasteiger partial charge in [0.15, 0.2) is 5.65 Å². The Morgan fingerprint density at radius 1 is 1.05 bits per heavy atom. The fourth-order valence-electron chi connectivity index (χ4n) is 5.70. The van der Waals surface area contributed by atoms with Crippen LogP contribution in [0.3, 0.4) is 0 Å². The first kappa shape index (κ1) is 28.5. The molecule has 0 radical (unpaired) electrons. The van der Waals surface area contributed by atoms with Crippen LogP contribution in [-0.4, -0.2) is 62.3 Å². The number of rotatable bonds is 6. The second-order valence-electron chi connectivity index (χ2n) is 11.4. The Hall–Kier alpha value is -3.66. The highest BCUT2D eigenvalue weighted by Crippen LogP contribution is 2.31. The zero-order valence-corrected chi connectivity index (χ0v) is 25.9. The van der Waals surface area contributed by atoms with Crippen molar-refractivity contribution in [3.8, 4) is 5.69 Å². The molecule has 1 fully saturated rings. The average molecular weight is 606 g/mol. The van der Waals surface area contributed by atoms with Crippen LogP contribution in [0.4, 0.5) is 17.3 Å². The van der Waals surface area contributed by atoms with Crippen LogP contribution in [0.25, 0.3) is 22.2 Å². The third-order valence-electron chi connectivity index (χ3n) is 8.07. The molecule has 9 nitrogen and oxygen atoms in total. The summed E-state index contributed by atoms with van der Waals surface area (Å²) in [5.74, 6) is 0.505. The third kappa shape index (κ3) is 5.10. The fourth-order valence-corrected chi connectivity index (χ4v) is 6.26. The molecule has 3 aromatic heterocycles. The van der Waals surface area contributed by atoms with E-state index in [1.165, 1.54) is 22.1 Å². The van der Waals surface area contributed by atoms with E-state index in [0.717, 1.165) is 37.3 Å². The zero-order chi connectivity index (χ0) is 29.7. The number of nitrogens with one attached hydrogen (secondary N) is 1. The Kier molecular flexibility index (Phi) is 7.59. The standard InChI is InChI=1S/C31H34Cl2N8O/c1-18(2)25-17-40-29(36-25)27-22(30(42)41(40)28-23(32)7-6-8-24(28)33)16-34-31(37-27)35-20-9-10-26(19(3)15-20)39-13-11-21(12-14-39)38(4)5/h6-10,15-18,21H,11-14H2,1-5H3,(H,34,35,37). The molecule has 0 atom stereocenters. The fraction of sp³-hybridized carbons (Fsp3) is 0.355. The molecule has 0 unspecified atom stereocenters. The smallest absolute Gasteiger partial charge is 0.281 e. The quantitative estimate of drug-likeness (QED) is 0.239. The number of benzene rings is 2. The molecule has 0 amide bonds. The van der Waals surface area contributed by atoms with Crippen molar-refractivity contribution < 1.29 is 0 Å². The Labute approximate surface area is 254 Å². The summed E-state index contributed by atoms with van der Waals surface area (Å²) >= 11 is 13.1. The lowest BCUT2D eigenvalue weighted by molar-refractivity contribution is 0.249. The van der Waals surface area contributed by atoms with Crippen LogP contribution in [0.5, 0.6) is 0 Å². The van der Waals surface area contributed by atoms with Gasteiger partial charge in [0.1, 0.15) is 11.2 Å². The normalized spacial score (nSPS) is 14.5. The number of imidazole rings is 1. The van der Waals surface area contributed by atoms with Crippen LogP contribution < -0.4 is 15.8 Å². The van der Waals surface area contributed by atoms with Crippen molar-refractivity contribution in [2.45, 2.75) is 45.6 Å². The van der Waals surface area contributed by atoms with Gasteiger partial charge < -0.3 is 15.1 Å². The number of halogens is 2. The van der Waals surface area contributed by atoms with E-state index in [1.54, 1.807) is 22.7 Å². The number of aryl methyl sites for hydroxylation is 1. The van der Waals surface area contributed by atoms with Crippen LogP contribution in [0.15, 0.2) is 53.6 Å². The first-order valence-corrected chi connectivity index (χ1v) is 14.9. The van der Waals surface area contributed by atoms with Crippen LogP contribution in [0.2, 0.25) is 10.0 Å². The monoisotopic (exact) mass is 604 g/mol. The first-order chi connectivity index (χ1) is 20.1. The van der Waals surface area contributed by atoms with Gasteiger partial charge >= 0.3 is 0 Å². The molecule has 0 saturated carbocycles. The van der Waals surface area contributed by atoms with Crippen LogP contribution in [0.1, 0.15) is 43.9 Å². The second-order valence-corrected chi connectivity index (χ2v) is 12.3. The number of anilines is 3. The predicted octanol–water partition coefficient (Wildman–Crippen LogP) is 6.44. The van der Waals surface area contributed by atoms with E-state index < -0.39 is 0 Å². The SMILES string of the molecule is Cc1cc(Nc2ncc3c(=O)n(-c4c(Cl)cccc4Cl)n4cc(C(C)C)nc4c3n2)ccc1N1CCC(N(C)C)CC1. The van der Waals surface area contributed by atoms with E-state index in [9.17, 15) is 4.79 Å². The van der Waals surface area contributed by atoms with Crippen molar-refractivity contribution in [3.05, 3.63) is 80.4 Å². The lowest BCUT2D eigenvalue weighted by Crippen LogP contribution is -2.42. The van der Waals surface area contributed by atoms with Gasteiger partial charge in [0.25, 0.3) is 5.56 Å². The van der Waals surface area contributed by atoms with Crippen molar-refractivity contribution in [1.82, 2.24) is 29.0 Å². The molecule has 42 heavy (non-hydrogen) atoms. The molecular weight excluding hydrogens is 571 g/mol. The zero-order valence-electron chi connectivity index (χ0n) is 24.4. The van der Waals surface area contributed by atoms with Crippen LogP contribution in [0, 0.1) is 6.92 Å². The number of hydrogen-bond acceptors (Lipinski definition) is 7. The number of piperidine rings is 1. The minimum Gasteiger partial charge on any atom is -0.371 e. The average Bonchev–Trinajstić information content (AvgIpc) is 3.41. The molecule has 0 spiro atoms. The van der Waals surface area contributed by atoms with E-state index in [0.29, 0.717) is 44.3 Å². The third-order valence-corrected chi connectivity index (χ3v) is 8.68. The van der Waals surface area contributed by atoms with E-state index in [4.69, 9.17) is 33.2 Å². The molecule has 6 rings (SSSR count). The summed E-state index contributed by atoms with van der Waals surface area (Å²) in [6, 6.07) is 12.1. The molecule has 11 heteroatoms. The number of hydrogen-bond donors (Lipinski definition) is 1. The lowest BCUT2D eigenvalue weighted by atomic mass is 10.0. The molecule has 5 aromatic rings. The molecule has 4 heterocycles. The van der Waals surface area contributed by atoms with Gasteiger partial charge in [-0.1, -0.05) is 43.1 Å². The summed E-state index contributed by atoms with van der Waals surface area (Å²) < 4.78 is 3.13. The first-order valence-electron chi connectivity index (χ1n) is 14.2. The molecule has 1 aliphatic rings. The summed E-state index contributed by atoms with van der Waals surface area (Å²) in [7, 11) is 4.32. The summed E-state index contributed by atoms with van der Waals surface area (Å²) in [4.78, 5) is 32.8. The molecule has 1 saturated heterocycles. The molecule has 218 valence electrons. The molecule has 2 aromatic carbocycles. The summed E-state index contributed by atoms with van der Waals surface area (Å²) in [6.45, 7) is 8.31. The van der Waals surface area contributed by atoms with Crippen LogP contribution >= 0.6 is 23.2 Å². The number of aromatic nitrogens is 5. The van der Waals surface area contributed by atoms with E-state index in [1.807, 2.05) is 26.1 Å². The number of nitrogens with zero attached hydrogens (tertiary/aromatic N) is 7. The predicted molar refractivity (Wildman–Crippen MR) is 171 cm³/mol. The van der Waals surface area contributed by atoms with Gasteiger partial charge in [-0.15, -0.1) is 0 Å². The van der Waals surface area contributed by atoms with Crippen molar-refractivity contribution in [3.63, 3.8) is 0 Å². The van der Waals surface area contributed by atoms with Crippen molar-refractivity contribution in [2.75, 3.05) is 37.4 Å². The largest absolute Gasteiger partial charge is 0.371 e. The highest BCUT2D eigenvalue weighted by atomic mass is 35.5. The minimum atomic E-state index is -0.343. The summed E-state index contributed by atoms with van der Waals surface area (Å²) in [5.41, 5.74) is 5.12. The Balaban J connectivity index is 1.38. The number of fused-ring (bicyclic) bond motifs is 3. The van der Waals surface area contributed by atoms with E-state index in [-0.39, 0.29) is 11.5 Å². The molecule has 0 bridgehead atoms. The van der Waals surface area contributed by atoms with Gasteiger partial charge in [-0.25, -0.2) is 24.1 Å². The van der Waals surface area contributed by atoms with Crippen molar-refractivity contribution in [1.29, 1.82) is 0 Å². The lowest BCUT2D eigenvalue weighted by Gasteiger charge is -2.37. The van der Waals surface area contributed by atoms with Crippen LogP contribution in [-0.2, 0) is 0 Å². The molecular formula is C31H34Cl2N8O. The van der Waals surface area contributed by atoms with Gasteiger partial charge in [0.2, 0.25) is 5.95 Å². The van der Waals surface area contributed by atoms with Gasteiger partial charge in [0, 0.05) is 36.7 Å². The van der Waals surface area contributed by atoms with Crippen molar-refractivity contribution in [2.24, 2.45) is 0 Å². The Morgan fingerprint density at radius 2 is 1.76 bits per heavy atom. The van der Waals surface area contributed by atoms with E-state index >= 15 is 0 Å². The highest BCUT2D eigenvalue weighted by molar-refractivity contribution is 6.37. The molecule has 1 aliphatic heterocycles. The highest BCUT2D eigenvalue weighted by Gasteiger charge is 2.23. The van der Waals surface area contributed by atoms with Gasteiger partial charge in [0.05, 0.1) is 27.3 Å². The Bertz CT molecular complexity index is 1830. The van der Waals surface area contributed by atoms with Gasteiger partial charge in [-0.3, -0.25) is 4.79 Å². The van der Waals surface area contributed by atoms with E-state index in [2.05, 4.69) is 53.3 Å². The summed E-state index contributed by atoms with van der Waals surface area (Å²) in [6.07, 6.45) is 5.68. The van der Waals surface area contributed by atoms with Gasteiger partial charge in [-0.05, 0) is 75.7 Å². The maximum Gasteiger partial charge on any atom is 0.281 e.